The van der Waals surface area contributed by atoms with Gasteiger partial charge < -0.3 is 0 Å². The zero-order valence-electron chi connectivity index (χ0n) is 55.0. The van der Waals surface area contributed by atoms with Crippen LogP contribution in [0.2, 0.25) is 0 Å². The van der Waals surface area contributed by atoms with Crippen LogP contribution in [0.15, 0.2) is 171 Å². The lowest BCUT2D eigenvalue weighted by Gasteiger charge is -2.11. The maximum Gasteiger partial charge on any atom is 0.287 e. The zero-order chi connectivity index (χ0) is 64.8. The number of halogens is 4. The molecular formula is C78H84F4N8+4. The van der Waals surface area contributed by atoms with Crippen molar-refractivity contribution in [3.8, 4) is 45.0 Å². The number of nitrogens with zero attached hydrogens (tertiary/aromatic N) is 8. The first-order valence-electron chi connectivity index (χ1n) is 31.0. The van der Waals surface area contributed by atoms with E-state index in [1.807, 2.05) is 124 Å². The highest BCUT2D eigenvalue weighted by atomic mass is 19.1. The first-order valence-corrected chi connectivity index (χ1v) is 31.0. The normalized spacial score (nSPS) is 11.4. The Balaban J connectivity index is 0.000000142. The summed E-state index contributed by atoms with van der Waals surface area (Å²) in [4.78, 5) is 18.3. The molecule has 460 valence electrons. The summed E-state index contributed by atoms with van der Waals surface area (Å²) in [5.41, 5.74) is 21.3. The Bertz CT molecular complexity index is 4610. The number of fused-ring (bicyclic) bond motifs is 4. The van der Waals surface area contributed by atoms with Crippen LogP contribution in [0.25, 0.3) is 88.6 Å². The van der Waals surface area contributed by atoms with Gasteiger partial charge in [-0.2, -0.15) is 0 Å². The third-order valence-corrected chi connectivity index (χ3v) is 16.5. The molecule has 0 aliphatic carbocycles. The summed E-state index contributed by atoms with van der Waals surface area (Å²) >= 11 is 0. The first kappa shape index (κ1) is 65.3. The van der Waals surface area contributed by atoms with Gasteiger partial charge in [-0.3, -0.25) is 0 Å². The highest BCUT2D eigenvalue weighted by Gasteiger charge is 2.23. The lowest BCUT2D eigenvalue weighted by atomic mass is 9.96. The van der Waals surface area contributed by atoms with E-state index in [1.165, 1.54) is 46.5 Å². The van der Waals surface area contributed by atoms with Gasteiger partial charge in [0, 0.05) is 27.8 Å². The summed E-state index contributed by atoms with van der Waals surface area (Å²) in [5, 5.41) is 4.40. The molecule has 0 unspecified atom stereocenters. The van der Waals surface area contributed by atoms with Gasteiger partial charge in [-0.25, -0.2) is 35.8 Å². The van der Waals surface area contributed by atoms with Crippen molar-refractivity contribution in [2.45, 2.75) is 108 Å². The van der Waals surface area contributed by atoms with Crippen molar-refractivity contribution in [3.05, 3.63) is 239 Å². The van der Waals surface area contributed by atoms with E-state index in [4.69, 9.17) is 0 Å². The van der Waals surface area contributed by atoms with Gasteiger partial charge in [0.15, 0.2) is 22.1 Å². The molecule has 12 aromatic rings. The van der Waals surface area contributed by atoms with Gasteiger partial charge in [0.2, 0.25) is 0 Å². The molecule has 0 atom stereocenters. The molecule has 0 saturated heterocycles. The molecule has 0 radical (unpaired) electrons. The predicted molar refractivity (Wildman–Crippen MR) is 357 cm³/mol. The molecule has 12 heteroatoms. The molecule has 0 saturated carbocycles. The van der Waals surface area contributed by atoms with Crippen LogP contribution in [0, 0.1) is 62.8 Å². The SMILES string of the molecule is Cc1cc(F)ccc1-c1c2cc(C(C)C)ccc2nc[n+]1C.Cc1cc(F)ccc1-c1c2ccc(C(C)C)cc2nc[n+]1C.Cc1cc(F)ccc1-c1c2ccc(CC(C)C)cc2nc[n+]1C.Cc1cc(F)ccc1-c1c2cccc(CC(C)C)c2nc[n+]1C. The van der Waals surface area contributed by atoms with Crippen LogP contribution in [0.1, 0.15) is 112 Å². The van der Waals surface area contributed by atoms with Crippen LogP contribution in [-0.2, 0) is 41.0 Å². The summed E-state index contributed by atoms with van der Waals surface area (Å²) < 4.78 is 61.8. The van der Waals surface area contributed by atoms with E-state index < -0.39 is 0 Å². The number of aryl methyl sites for hydroxylation is 8. The fraction of sp³-hybridized carbons (Fsp3) is 0.282. The Morgan fingerprint density at radius 1 is 0.344 bits per heavy atom. The van der Waals surface area contributed by atoms with Crippen LogP contribution in [0.5, 0.6) is 0 Å². The van der Waals surface area contributed by atoms with Gasteiger partial charge in [0.05, 0.1) is 49.7 Å². The molecule has 0 fully saturated rings. The van der Waals surface area contributed by atoms with Crippen molar-refractivity contribution >= 4 is 43.6 Å². The van der Waals surface area contributed by atoms with Gasteiger partial charge in [0.1, 0.15) is 46.0 Å². The molecule has 4 heterocycles. The molecule has 90 heavy (non-hydrogen) atoms. The average Bonchev–Trinajstić information content (AvgIpc) is 0.808. The number of hydrogen-bond donors (Lipinski definition) is 0. The summed E-state index contributed by atoms with van der Waals surface area (Å²) in [6, 6.07) is 45.4. The van der Waals surface area contributed by atoms with Crippen LogP contribution in [0.4, 0.5) is 17.6 Å². The lowest BCUT2D eigenvalue weighted by molar-refractivity contribution is -0.662. The molecule has 0 amide bonds. The number of aromatic nitrogens is 8. The lowest BCUT2D eigenvalue weighted by Crippen LogP contribution is -2.32. The van der Waals surface area contributed by atoms with E-state index in [0.717, 1.165) is 124 Å². The van der Waals surface area contributed by atoms with E-state index in [9.17, 15) is 17.6 Å². The van der Waals surface area contributed by atoms with Crippen molar-refractivity contribution in [1.29, 1.82) is 0 Å². The van der Waals surface area contributed by atoms with E-state index in [-0.39, 0.29) is 23.3 Å². The molecule has 4 aromatic heterocycles. The average molecular weight is 1210 g/mol. The fourth-order valence-electron chi connectivity index (χ4n) is 11.9. The van der Waals surface area contributed by atoms with E-state index >= 15 is 0 Å². The second-order valence-electron chi connectivity index (χ2n) is 25.4. The second-order valence-corrected chi connectivity index (χ2v) is 25.4. The Morgan fingerprint density at radius 2 is 0.722 bits per heavy atom. The summed E-state index contributed by atoms with van der Waals surface area (Å²) in [6.07, 6.45) is 9.37. The summed E-state index contributed by atoms with van der Waals surface area (Å²) in [6.45, 7) is 25.3. The predicted octanol–water partition coefficient (Wildman–Crippen LogP) is 17.3. The minimum atomic E-state index is -0.204. The number of para-hydroxylation sites is 1. The highest BCUT2D eigenvalue weighted by Crippen LogP contribution is 2.34. The molecule has 0 bridgehead atoms. The van der Waals surface area contributed by atoms with Crippen LogP contribution < -0.4 is 18.3 Å². The Labute approximate surface area is 528 Å². The quantitative estimate of drug-likeness (QED) is 0.101. The molecule has 8 aromatic carbocycles. The standard InChI is InChI=1S/2C20H22FN2.2C19H20FN2/c1-13(2)9-15-5-7-18-19(11-15)22-12-23(4)20(18)17-8-6-16(21)10-14(17)3;1-13(2)10-15-6-5-7-18-19(15)22-12-23(4)20(18)17-9-8-16(21)11-14(17)3;1-12(2)14-5-8-18-17(10-14)19(22(4)11-21-18)16-7-6-15(20)9-13(16)3;1-12(2)14-5-7-17-18(10-14)21-11-22(4)19(17)16-8-6-15(20)9-13(16)3/h5-8,10-13H,9H2,1-4H3;5-9,11-13H,10H2,1-4H3;2*5-12H,1-4H3/q4*+1. The maximum absolute atomic E-state index is 13.5. The second kappa shape index (κ2) is 28.1. The molecular weight excluding hydrogens is 1120 g/mol. The molecule has 0 spiro atoms. The number of rotatable bonds is 10. The van der Waals surface area contributed by atoms with E-state index in [2.05, 4.69) is 148 Å². The third kappa shape index (κ3) is 14.8. The van der Waals surface area contributed by atoms with Gasteiger partial charge >= 0.3 is 0 Å². The number of benzene rings is 8. The van der Waals surface area contributed by atoms with Crippen LogP contribution in [-0.4, -0.2) is 19.9 Å². The van der Waals surface area contributed by atoms with E-state index in [0.29, 0.717) is 23.7 Å². The fourth-order valence-corrected chi connectivity index (χ4v) is 11.9. The molecule has 0 aliphatic rings. The molecule has 8 nitrogen and oxygen atoms in total. The van der Waals surface area contributed by atoms with Gasteiger partial charge in [-0.1, -0.05) is 85.7 Å². The summed E-state index contributed by atoms with van der Waals surface area (Å²) in [5.74, 6) is 1.31. The first-order chi connectivity index (χ1) is 42.9. The van der Waals surface area contributed by atoms with Gasteiger partial charge in [-0.15, -0.1) is 0 Å². The largest absolute Gasteiger partial charge is 0.287 e. The van der Waals surface area contributed by atoms with Crippen molar-refractivity contribution in [3.63, 3.8) is 0 Å². The molecule has 12 rings (SSSR count). The molecule has 0 N–H and O–H groups in total. The third-order valence-electron chi connectivity index (χ3n) is 16.5. The van der Waals surface area contributed by atoms with Crippen molar-refractivity contribution in [2.24, 2.45) is 40.0 Å². The highest BCUT2D eigenvalue weighted by molar-refractivity contribution is 5.95. The Hall–Kier alpha value is -9.16. The minimum Gasteiger partial charge on any atom is -0.232 e. The topological polar surface area (TPSA) is 67.1 Å². The zero-order valence-corrected chi connectivity index (χ0v) is 55.0. The summed E-state index contributed by atoms with van der Waals surface area (Å²) in [7, 11) is 7.92. The Kier molecular flexibility index (Phi) is 20.4. The monoisotopic (exact) mass is 1210 g/mol. The Morgan fingerprint density at radius 3 is 1.16 bits per heavy atom. The minimum absolute atomic E-state index is 0.201. The number of hydrogen-bond acceptors (Lipinski definition) is 4. The van der Waals surface area contributed by atoms with Crippen molar-refractivity contribution in [2.75, 3.05) is 0 Å². The van der Waals surface area contributed by atoms with Crippen molar-refractivity contribution < 1.29 is 35.8 Å². The molecule has 0 aliphatic heterocycles. The van der Waals surface area contributed by atoms with Gasteiger partial charge in [-0.05, 0) is 238 Å². The smallest absolute Gasteiger partial charge is 0.232 e. The van der Waals surface area contributed by atoms with Gasteiger partial charge in [0.25, 0.3) is 25.3 Å². The van der Waals surface area contributed by atoms with Crippen LogP contribution in [0.3, 0.4) is 0 Å². The maximum atomic E-state index is 13.5. The van der Waals surface area contributed by atoms with Crippen LogP contribution >= 0.6 is 0 Å². The van der Waals surface area contributed by atoms with Crippen molar-refractivity contribution in [1.82, 2.24) is 19.9 Å². The van der Waals surface area contributed by atoms with E-state index in [1.54, 1.807) is 24.3 Å².